The number of nitrogens with one attached hydrogen (secondary N) is 1. The van der Waals surface area contributed by atoms with E-state index in [-0.39, 0.29) is 11.6 Å². The normalized spacial score (nSPS) is 9.65. The van der Waals surface area contributed by atoms with Gasteiger partial charge in [0.15, 0.2) is 0 Å². The van der Waals surface area contributed by atoms with Crippen molar-refractivity contribution in [3.63, 3.8) is 0 Å². The molecule has 20 heavy (non-hydrogen) atoms. The van der Waals surface area contributed by atoms with E-state index < -0.39 is 0 Å². The molecule has 0 saturated heterocycles. The predicted octanol–water partition coefficient (Wildman–Crippen LogP) is 2.98. The molecular weight excluding hydrogens is 322 g/mol. The summed E-state index contributed by atoms with van der Waals surface area (Å²) >= 11 is 3.34. The number of rotatable bonds is 3. The summed E-state index contributed by atoms with van der Waals surface area (Å²) in [5.74, 6) is 0.273. The first-order chi connectivity index (χ1) is 9.63. The second-order valence-corrected chi connectivity index (χ2v) is 4.70. The molecule has 0 saturated carbocycles. The molecular formula is C14H10BrN3O2. The predicted molar refractivity (Wildman–Crippen MR) is 77.6 cm³/mol. The molecule has 0 bridgehead atoms. The van der Waals surface area contributed by atoms with Crippen LogP contribution in [0, 0.1) is 11.3 Å². The van der Waals surface area contributed by atoms with E-state index in [2.05, 4.69) is 26.2 Å². The van der Waals surface area contributed by atoms with Crippen LogP contribution in [0.5, 0.6) is 5.75 Å². The van der Waals surface area contributed by atoms with Crippen molar-refractivity contribution in [3.05, 3.63) is 52.3 Å². The minimum atomic E-state index is -0.348. The quantitative estimate of drug-likeness (QED) is 0.938. The summed E-state index contributed by atoms with van der Waals surface area (Å²) in [6.07, 6.45) is 1.36. The second kappa shape index (κ2) is 6.17. The van der Waals surface area contributed by atoms with Gasteiger partial charge in [0.1, 0.15) is 17.5 Å². The number of pyridine rings is 1. The van der Waals surface area contributed by atoms with Gasteiger partial charge < -0.3 is 10.1 Å². The Morgan fingerprint density at radius 3 is 2.80 bits per heavy atom. The average molecular weight is 332 g/mol. The standard InChI is InChI=1S/C14H10BrN3O2/c1-20-13-6-10(3-4-11(13)15)18-14(19)12-5-2-9(7-16)8-17-12/h2-6,8H,1H3,(H,18,19). The van der Waals surface area contributed by atoms with Crippen molar-refractivity contribution in [3.8, 4) is 11.8 Å². The van der Waals surface area contributed by atoms with Gasteiger partial charge in [-0.2, -0.15) is 5.26 Å². The molecule has 1 aromatic heterocycles. The fourth-order valence-corrected chi connectivity index (χ4v) is 1.94. The SMILES string of the molecule is COc1cc(NC(=O)c2ccc(C#N)cn2)ccc1Br. The molecule has 2 rings (SSSR count). The molecule has 0 atom stereocenters. The molecule has 0 aliphatic heterocycles. The molecule has 0 spiro atoms. The largest absolute Gasteiger partial charge is 0.495 e. The van der Waals surface area contributed by atoms with Crippen molar-refractivity contribution in [1.29, 1.82) is 5.26 Å². The Morgan fingerprint density at radius 1 is 1.40 bits per heavy atom. The highest BCUT2D eigenvalue weighted by molar-refractivity contribution is 9.10. The van der Waals surface area contributed by atoms with Crippen LogP contribution in [0.1, 0.15) is 16.1 Å². The van der Waals surface area contributed by atoms with Crippen molar-refractivity contribution in [1.82, 2.24) is 4.98 Å². The van der Waals surface area contributed by atoms with E-state index in [1.165, 1.54) is 12.3 Å². The minimum Gasteiger partial charge on any atom is -0.495 e. The third-order valence-electron chi connectivity index (χ3n) is 2.53. The first kappa shape index (κ1) is 14.0. The zero-order chi connectivity index (χ0) is 14.5. The van der Waals surface area contributed by atoms with E-state index in [0.29, 0.717) is 17.0 Å². The highest BCUT2D eigenvalue weighted by Crippen LogP contribution is 2.27. The molecule has 1 amide bonds. The third kappa shape index (κ3) is 3.13. The lowest BCUT2D eigenvalue weighted by Gasteiger charge is -2.08. The Morgan fingerprint density at radius 2 is 2.20 bits per heavy atom. The Bertz CT molecular complexity index is 678. The summed E-state index contributed by atoms with van der Waals surface area (Å²) in [5.41, 5.74) is 1.25. The molecule has 0 radical (unpaired) electrons. The fraction of sp³-hybridized carbons (Fsp3) is 0.0714. The van der Waals surface area contributed by atoms with E-state index in [0.717, 1.165) is 4.47 Å². The summed E-state index contributed by atoms with van der Waals surface area (Å²) in [4.78, 5) is 15.9. The number of carbonyl (C=O) groups excluding carboxylic acids is 1. The summed E-state index contributed by atoms with van der Waals surface area (Å²) < 4.78 is 5.95. The van der Waals surface area contributed by atoms with Crippen molar-refractivity contribution < 1.29 is 9.53 Å². The van der Waals surface area contributed by atoms with Crippen LogP contribution in [-0.4, -0.2) is 18.0 Å². The number of hydrogen-bond donors (Lipinski definition) is 1. The van der Waals surface area contributed by atoms with Crippen LogP contribution in [0.4, 0.5) is 5.69 Å². The van der Waals surface area contributed by atoms with Crippen LogP contribution in [0.3, 0.4) is 0 Å². The van der Waals surface area contributed by atoms with Gasteiger partial charge in [-0.1, -0.05) is 0 Å². The number of carbonyl (C=O) groups is 1. The monoisotopic (exact) mass is 331 g/mol. The number of amides is 1. The van der Waals surface area contributed by atoms with E-state index in [4.69, 9.17) is 10.00 Å². The number of ether oxygens (including phenoxy) is 1. The highest BCUT2D eigenvalue weighted by Gasteiger charge is 2.09. The van der Waals surface area contributed by atoms with Gasteiger partial charge in [0.05, 0.1) is 17.1 Å². The lowest BCUT2D eigenvalue weighted by atomic mass is 10.2. The zero-order valence-corrected chi connectivity index (χ0v) is 12.1. The average Bonchev–Trinajstić information content (AvgIpc) is 2.49. The van der Waals surface area contributed by atoms with Crippen molar-refractivity contribution in [2.24, 2.45) is 0 Å². The number of anilines is 1. The van der Waals surface area contributed by atoms with Gasteiger partial charge >= 0.3 is 0 Å². The Labute approximate surface area is 124 Å². The second-order valence-electron chi connectivity index (χ2n) is 3.85. The Hall–Kier alpha value is -2.39. The van der Waals surface area contributed by atoms with E-state index in [9.17, 15) is 4.79 Å². The fourth-order valence-electron chi connectivity index (χ4n) is 1.53. The van der Waals surface area contributed by atoms with Gasteiger partial charge in [-0.3, -0.25) is 4.79 Å². The number of nitriles is 1. The van der Waals surface area contributed by atoms with Crippen LogP contribution in [-0.2, 0) is 0 Å². The maximum atomic E-state index is 12.0. The molecule has 2 aromatic rings. The summed E-state index contributed by atoms with van der Waals surface area (Å²) in [7, 11) is 1.55. The number of hydrogen-bond acceptors (Lipinski definition) is 4. The smallest absolute Gasteiger partial charge is 0.274 e. The van der Waals surface area contributed by atoms with Gasteiger partial charge in [0.2, 0.25) is 0 Å². The van der Waals surface area contributed by atoms with E-state index in [1.54, 1.807) is 31.4 Å². The number of nitrogens with zero attached hydrogens (tertiary/aromatic N) is 2. The first-order valence-corrected chi connectivity index (χ1v) is 6.44. The van der Waals surface area contributed by atoms with Crippen LogP contribution in [0.2, 0.25) is 0 Å². The van der Waals surface area contributed by atoms with Gasteiger partial charge in [-0.15, -0.1) is 0 Å². The molecule has 1 aromatic carbocycles. The number of aromatic nitrogens is 1. The maximum absolute atomic E-state index is 12.0. The number of benzene rings is 1. The van der Waals surface area contributed by atoms with Crippen LogP contribution >= 0.6 is 15.9 Å². The highest BCUT2D eigenvalue weighted by atomic mass is 79.9. The minimum absolute atomic E-state index is 0.242. The van der Waals surface area contributed by atoms with Crippen molar-refractivity contribution >= 4 is 27.5 Å². The van der Waals surface area contributed by atoms with Crippen LogP contribution in [0.25, 0.3) is 0 Å². The maximum Gasteiger partial charge on any atom is 0.274 e. The van der Waals surface area contributed by atoms with Crippen LogP contribution < -0.4 is 10.1 Å². The van der Waals surface area contributed by atoms with Gasteiger partial charge in [-0.05, 0) is 40.2 Å². The number of methoxy groups -OCH3 is 1. The van der Waals surface area contributed by atoms with Gasteiger partial charge in [0, 0.05) is 18.0 Å². The molecule has 0 fully saturated rings. The van der Waals surface area contributed by atoms with Gasteiger partial charge in [-0.25, -0.2) is 4.98 Å². The lowest BCUT2D eigenvalue weighted by Crippen LogP contribution is -2.13. The Balaban J connectivity index is 2.16. The van der Waals surface area contributed by atoms with E-state index >= 15 is 0 Å². The lowest BCUT2D eigenvalue weighted by molar-refractivity contribution is 0.102. The summed E-state index contributed by atoms with van der Waals surface area (Å²) in [5, 5.41) is 11.4. The topological polar surface area (TPSA) is 75.0 Å². The van der Waals surface area contributed by atoms with Crippen LogP contribution in [0.15, 0.2) is 41.0 Å². The van der Waals surface area contributed by atoms with Crippen molar-refractivity contribution in [2.75, 3.05) is 12.4 Å². The molecule has 100 valence electrons. The molecule has 0 unspecified atom stereocenters. The summed E-state index contributed by atoms with van der Waals surface area (Å²) in [6.45, 7) is 0. The molecule has 1 heterocycles. The molecule has 0 aliphatic carbocycles. The van der Waals surface area contributed by atoms with Gasteiger partial charge in [0.25, 0.3) is 5.91 Å². The zero-order valence-electron chi connectivity index (χ0n) is 10.6. The molecule has 1 N–H and O–H groups in total. The molecule has 0 aliphatic rings. The first-order valence-electron chi connectivity index (χ1n) is 5.65. The Kier molecular flexibility index (Phi) is 4.33. The summed E-state index contributed by atoms with van der Waals surface area (Å²) in [6, 6.07) is 10.2. The molecule has 5 nitrogen and oxygen atoms in total. The number of halogens is 1. The molecule has 6 heteroatoms. The third-order valence-corrected chi connectivity index (χ3v) is 3.19. The van der Waals surface area contributed by atoms with E-state index in [1.807, 2.05) is 6.07 Å². The van der Waals surface area contributed by atoms with Crippen molar-refractivity contribution in [2.45, 2.75) is 0 Å².